The third-order valence-corrected chi connectivity index (χ3v) is 4.74. The predicted molar refractivity (Wildman–Crippen MR) is 85.0 cm³/mol. The van der Waals surface area contributed by atoms with E-state index in [1.807, 2.05) is 11.3 Å². The van der Waals surface area contributed by atoms with Gasteiger partial charge in [0.25, 0.3) is 0 Å². The van der Waals surface area contributed by atoms with Crippen molar-refractivity contribution >= 4 is 11.3 Å². The number of benzene rings is 1. The molecular formula is C17H23NS. The molecule has 0 radical (unpaired) electrons. The summed E-state index contributed by atoms with van der Waals surface area (Å²) < 4.78 is 0. The van der Waals surface area contributed by atoms with Crippen LogP contribution in [0.1, 0.15) is 47.7 Å². The Labute approximate surface area is 120 Å². The number of hydrogen-bond acceptors (Lipinski definition) is 2. The van der Waals surface area contributed by atoms with Crippen LogP contribution in [-0.4, -0.2) is 6.54 Å². The Morgan fingerprint density at radius 1 is 0.947 bits per heavy atom. The van der Waals surface area contributed by atoms with Gasteiger partial charge < -0.3 is 5.32 Å². The Kier molecular flexibility index (Phi) is 5.17. The molecule has 1 aromatic heterocycles. The Morgan fingerprint density at radius 2 is 1.68 bits per heavy atom. The molecule has 1 heterocycles. The molecule has 1 N–H and O–H groups in total. The first-order chi connectivity index (χ1) is 9.28. The summed E-state index contributed by atoms with van der Waals surface area (Å²) in [7, 11) is 0. The Hall–Kier alpha value is -1.12. The summed E-state index contributed by atoms with van der Waals surface area (Å²) in [5.41, 5.74) is 2.77. The lowest BCUT2D eigenvalue weighted by Crippen LogP contribution is -2.21. The average Bonchev–Trinajstić information content (AvgIpc) is 2.93. The molecule has 102 valence electrons. The van der Waals surface area contributed by atoms with Gasteiger partial charge in [-0.05, 0) is 42.6 Å². The minimum absolute atomic E-state index is 0.334. The van der Waals surface area contributed by atoms with Crippen molar-refractivity contribution in [3.63, 3.8) is 0 Å². The quantitative estimate of drug-likeness (QED) is 0.813. The van der Waals surface area contributed by atoms with Gasteiger partial charge in [-0.3, -0.25) is 0 Å². The average molecular weight is 273 g/mol. The maximum absolute atomic E-state index is 3.60. The molecule has 0 aliphatic carbocycles. The van der Waals surface area contributed by atoms with Gasteiger partial charge in [0.2, 0.25) is 0 Å². The maximum Gasteiger partial charge on any atom is 0.0671 e. The summed E-state index contributed by atoms with van der Waals surface area (Å²) in [5.74, 6) is 0. The van der Waals surface area contributed by atoms with E-state index in [1.165, 1.54) is 20.9 Å². The summed E-state index contributed by atoms with van der Waals surface area (Å²) >= 11 is 1.92. The number of aryl methyl sites for hydroxylation is 2. The van der Waals surface area contributed by atoms with Crippen molar-refractivity contribution in [2.24, 2.45) is 0 Å². The van der Waals surface area contributed by atoms with Crippen molar-refractivity contribution in [2.75, 3.05) is 6.54 Å². The molecule has 2 heteroatoms. The summed E-state index contributed by atoms with van der Waals surface area (Å²) in [6.45, 7) is 7.57. The van der Waals surface area contributed by atoms with E-state index in [1.54, 1.807) is 0 Å². The molecule has 1 unspecified atom stereocenters. The van der Waals surface area contributed by atoms with Crippen LogP contribution in [0, 0.1) is 0 Å². The molecule has 0 bridgehead atoms. The number of thiophene rings is 1. The zero-order chi connectivity index (χ0) is 13.7. The van der Waals surface area contributed by atoms with E-state index in [9.17, 15) is 0 Å². The van der Waals surface area contributed by atoms with Crippen LogP contribution < -0.4 is 5.32 Å². The van der Waals surface area contributed by atoms with E-state index in [-0.39, 0.29) is 0 Å². The second kappa shape index (κ2) is 6.88. The van der Waals surface area contributed by atoms with E-state index < -0.39 is 0 Å². The molecule has 1 nitrogen and oxygen atoms in total. The molecule has 2 rings (SSSR count). The first-order valence-corrected chi connectivity index (χ1v) is 8.00. The minimum Gasteiger partial charge on any atom is -0.306 e. The van der Waals surface area contributed by atoms with E-state index >= 15 is 0 Å². The van der Waals surface area contributed by atoms with Crippen molar-refractivity contribution in [3.8, 4) is 0 Å². The first kappa shape index (κ1) is 14.3. The third-order valence-electron chi connectivity index (χ3n) is 3.44. The SMILES string of the molecule is CCNC(c1ccc(CC)cc1)c1ccc(CC)s1. The van der Waals surface area contributed by atoms with Gasteiger partial charge in [0.1, 0.15) is 0 Å². The predicted octanol–water partition coefficient (Wildman–Crippen LogP) is 4.57. The monoisotopic (exact) mass is 273 g/mol. The highest BCUT2D eigenvalue weighted by Crippen LogP contribution is 2.29. The van der Waals surface area contributed by atoms with Crippen molar-refractivity contribution < 1.29 is 0 Å². The van der Waals surface area contributed by atoms with Crippen LogP contribution in [0.4, 0.5) is 0 Å². The zero-order valence-corrected chi connectivity index (χ0v) is 12.9. The summed E-state index contributed by atoms with van der Waals surface area (Å²) in [4.78, 5) is 2.88. The van der Waals surface area contributed by atoms with Crippen LogP contribution in [0.3, 0.4) is 0 Å². The molecule has 0 saturated carbocycles. The summed E-state index contributed by atoms with van der Waals surface area (Å²) in [5, 5.41) is 3.60. The van der Waals surface area contributed by atoms with Gasteiger partial charge in [-0.15, -0.1) is 11.3 Å². The Morgan fingerprint density at radius 3 is 2.21 bits per heavy atom. The molecule has 0 spiro atoms. The lowest BCUT2D eigenvalue weighted by atomic mass is 10.0. The van der Waals surface area contributed by atoms with E-state index in [0.29, 0.717) is 6.04 Å². The molecule has 0 aliphatic rings. The van der Waals surface area contributed by atoms with Gasteiger partial charge in [0, 0.05) is 9.75 Å². The number of nitrogens with one attached hydrogen (secondary N) is 1. The molecular weight excluding hydrogens is 250 g/mol. The van der Waals surface area contributed by atoms with Crippen molar-refractivity contribution in [1.29, 1.82) is 0 Å². The highest BCUT2D eigenvalue weighted by Gasteiger charge is 2.14. The minimum atomic E-state index is 0.334. The van der Waals surface area contributed by atoms with E-state index in [2.05, 4.69) is 62.5 Å². The van der Waals surface area contributed by atoms with Crippen LogP contribution >= 0.6 is 11.3 Å². The van der Waals surface area contributed by atoms with Gasteiger partial charge in [-0.2, -0.15) is 0 Å². The van der Waals surface area contributed by atoms with Crippen LogP contribution in [0.5, 0.6) is 0 Å². The molecule has 0 saturated heterocycles. The second-order valence-electron chi connectivity index (χ2n) is 4.74. The summed E-state index contributed by atoms with van der Waals surface area (Å²) in [6, 6.07) is 13.9. The smallest absolute Gasteiger partial charge is 0.0671 e. The third kappa shape index (κ3) is 3.46. The number of hydrogen-bond donors (Lipinski definition) is 1. The lowest BCUT2D eigenvalue weighted by molar-refractivity contribution is 0.639. The van der Waals surface area contributed by atoms with E-state index in [4.69, 9.17) is 0 Å². The molecule has 19 heavy (non-hydrogen) atoms. The fraction of sp³-hybridized carbons (Fsp3) is 0.412. The fourth-order valence-electron chi connectivity index (χ4n) is 2.27. The molecule has 2 aromatic rings. The number of rotatable bonds is 6. The molecule has 0 amide bonds. The Bertz CT molecular complexity index is 498. The normalized spacial score (nSPS) is 12.6. The van der Waals surface area contributed by atoms with Crippen molar-refractivity contribution in [1.82, 2.24) is 5.32 Å². The standard InChI is InChI=1S/C17H23NS/c1-4-13-7-9-14(10-8-13)17(18-6-3)16-12-11-15(5-2)19-16/h7-12,17-18H,4-6H2,1-3H3. The largest absolute Gasteiger partial charge is 0.306 e. The highest BCUT2D eigenvalue weighted by molar-refractivity contribution is 7.12. The molecule has 1 atom stereocenters. The maximum atomic E-state index is 3.60. The van der Waals surface area contributed by atoms with Crippen LogP contribution in [0.15, 0.2) is 36.4 Å². The van der Waals surface area contributed by atoms with Gasteiger partial charge in [-0.25, -0.2) is 0 Å². The summed E-state index contributed by atoms with van der Waals surface area (Å²) in [6.07, 6.45) is 2.23. The van der Waals surface area contributed by atoms with Gasteiger partial charge in [-0.1, -0.05) is 45.0 Å². The van der Waals surface area contributed by atoms with Crippen molar-refractivity contribution in [3.05, 3.63) is 57.3 Å². The van der Waals surface area contributed by atoms with Crippen LogP contribution in [-0.2, 0) is 12.8 Å². The van der Waals surface area contributed by atoms with Gasteiger partial charge in [0.15, 0.2) is 0 Å². The van der Waals surface area contributed by atoms with Crippen molar-refractivity contribution in [2.45, 2.75) is 39.7 Å². The van der Waals surface area contributed by atoms with Crippen LogP contribution in [0.25, 0.3) is 0 Å². The van der Waals surface area contributed by atoms with Crippen LogP contribution in [0.2, 0.25) is 0 Å². The zero-order valence-electron chi connectivity index (χ0n) is 12.1. The molecule has 0 aliphatic heterocycles. The molecule has 1 aromatic carbocycles. The Balaban J connectivity index is 2.27. The topological polar surface area (TPSA) is 12.0 Å². The first-order valence-electron chi connectivity index (χ1n) is 7.19. The highest BCUT2D eigenvalue weighted by atomic mass is 32.1. The van der Waals surface area contributed by atoms with Gasteiger partial charge in [0.05, 0.1) is 6.04 Å². The molecule has 0 fully saturated rings. The van der Waals surface area contributed by atoms with Gasteiger partial charge >= 0.3 is 0 Å². The fourth-order valence-corrected chi connectivity index (χ4v) is 3.33. The second-order valence-corrected chi connectivity index (χ2v) is 5.94. The van der Waals surface area contributed by atoms with E-state index in [0.717, 1.165) is 19.4 Å². The lowest BCUT2D eigenvalue weighted by Gasteiger charge is -2.17.